The van der Waals surface area contributed by atoms with Crippen molar-refractivity contribution < 1.29 is 0 Å². The lowest BCUT2D eigenvalue weighted by Gasteiger charge is -2.05. The SMILES string of the molecule is Cc1ccc(NCc2ccccn2)cn1. The van der Waals surface area contributed by atoms with Crippen molar-refractivity contribution in [3.05, 3.63) is 54.1 Å². The predicted molar refractivity (Wildman–Crippen MR) is 60.5 cm³/mol. The van der Waals surface area contributed by atoms with Crippen molar-refractivity contribution >= 4 is 5.69 Å². The van der Waals surface area contributed by atoms with Crippen LogP contribution in [0.5, 0.6) is 0 Å². The summed E-state index contributed by atoms with van der Waals surface area (Å²) >= 11 is 0. The molecule has 0 aromatic carbocycles. The molecule has 0 unspecified atom stereocenters. The van der Waals surface area contributed by atoms with Crippen molar-refractivity contribution in [3.63, 3.8) is 0 Å². The van der Waals surface area contributed by atoms with Gasteiger partial charge in [-0.15, -0.1) is 0 Å². The molecule has 0 radical (unpaired) electrons. The lowest BCUT2D eigenvalue weighted by molar-refractivity contribution is 1.04. The molecule has 0 fully saturated rings. The molecule has 0 bridgehead atoms. The largest absolute Gasteiger partial charge is 0.378 e. The van der Waals surface area contributed by atoms with E-state index in [4.69, 9.17) is 0 Å². The van der Waals surface area contributed by atoms with Crippen LogP contribution in [0.25, 0.3) is 0 Å². The standard InChI is InChI=1S/C12H13N3/c1-10-5-6-12(8-14-10)15-9-11-4-2-3-7-13-11/h2-8,15H,9H2,1H3. The number of aromatic nitrogens is 2. The van der Waals surface area contributed by atoms with Crippen molar-refractivity contribution in [2.45, 2.75) is 13.5 Å². The number of aryl methyl sites for hydroxylation is 1. The maximum Gasteiger partial charge on any atom is 0.0594 e. The van der Waals surface area contributed by atoms with Gasteiger partial charge in [-0.3, -0.25) is 9.97 Å². The molecule has 15 heavy (non-hydrogen) atoms. The van der Waals surface area contributed by atoms with Gasteiger partial charge in [0.15, 0.2) is 0 Å². The molecule has 0 saturated heterocycles. The summed E-state index contributed by atoms with van der Waals surface area (Å²) in [5, 5.41) is 3.26. The van der Waals surface area contributed by atoms with Crippen LogP contribution in [-0.4, -0.2) is 9.97 Å². The van der Waals surface area contributed by atoms with Gasteiger partial charge < -0.3 is 5.32 Å². The van der Waals surface area contributed by atoms with Crippen LogP contribution in [0.3, 0.4) is 0 Å². The normalized spacial score (nSPS) is 9.93. The summed E-state index contributed by atoms with van der Waals surface area (Å²) in [6.07, 6.45) is 3.63. The van der Waals surface area contributed by atoms with E-state index in [1.165, 1.54) is 0 Å². The molecular weight excluding hydrogens is 186 g/mol. The van der Waals surface area contributed by atoms with E-state index in [1.807, 2.05) is 43.5 Å². The van der Waals surface area contributed by atoms with Gasteiger partial charge in [0.1, 0.15) is 0 Å². The molecule has 1 N–H and O–H groups in total. The second-order valence-electron chi connectivity index (χ2n) is 3.36. The third-order valence-electron chi connectivity index (χ3n) is 2.11. The highest BCUT2D eigenvalue weighted by Gasteiger charge is 1.94. The average Bonchev–Trinajstić information content (AvgIpc) is 2.30. The third-order valence-corrected chi connectivity index (χ3v) is 2.11. The second-order valence-corrected chi connectivity index (χ2v) is 3.36. The van der Waals surface area contributed by atoms with E-state index in [1.54, 1.807) is 6.20 Å². The minimum absolute atomic E-state index is 0.728. The van der Waals surface area contributed by atoms with Crippen molar-refractivity contribution in [2.24, 2.45) is 0 Å². The van der Waals surface area contributed by atoms with Gasteiger partial charge in [-0.2, -0.15) is 0 Å². The maximum atomic E-state index is 4.23. The van der Waals surface area contributed by atoms with Gasteiger partial charge >= 0.3 is 0 Å². The summed E-state index contributed by atoms with van der Waals surface area (Å²) in [5.41, 5.74) is 3.07. The molecule has 0 atom stereocenters. The minimum Gasteiger partial charge on any atom is -0.378 e. The second kappa shape index (κ2) is 4.55. The summed E-state index contributed by atoms with van der Waals surface area (Å²) in [7, 11) is 0. The van der Waals surface area contributed by atoms with E-state index in [2.05, 4.69) is 15.3 Å². The molecular formula is C12H13N3. The Morgan fingerprint density at radius 2 is 2.07 bits per heavy atom. The predicted octanol–water partition coefficient (Wildman–Crippen LogP) is 2.40. The van der Waals surface area contributed by atoms with Gasteiger partial charge in [0.2, 0.25) is 0 Å². The van der Waals surface area contributed by atoms with Crippen LogP contribution >= 0.6 is 0 Å². The zero-order valence-electron chi connectivity index (χ0n) is 8.64. The Kier molecular flexibility index (Phi) is 2.93. The summed E-state index contributed by atoms with van der Waals surface area (Å²) in [6.45, 7) is 2.70. The maximum absolute atomic E-state index is 4.23. The van der Waals surface area contributed by atoms with Gasteiger partial charge in [-0.05, 0) is 31.2 Å². The van der Waals surface area contributed by atoms with Crippen molar-refractivity contribution in [2.75, 3.05) is 5.32 Å². The van der Waals surface area contributed by atoms with E-state index < -0.39 is 0 Å². The molecule has 2 heterocycles. The highest BCUT2D eigenvalue weighted by atomic mass is 14.9. The molecule has 0 saturated carbocycles. The molecule has 2 aromatic heterocycles. The van der Waals surface area contributed by atoms with Crippen molar-refractivity contribution in [1.82, 2.24) is 9.97 Å². The highest BCUT2D eigenvalue weighted by molar-refractivity contribution is 5.41. The van der Waals surface area contributed by atoms with Crippen LogP contribution in [-0.2, 0) is 6.54 Å². The Morgan fingerprint density at radius 1 is 1.13 bits per heavy atom. The Morgan fingerprint density at radius 3 is 2.73 bits per heavy atom. The monoisotopic (exact) mass is 199 g/mol. The van der Waals surface area contributed by atoms with Crippen LogP contribution < -0.4 is 5.32 Å². The first-order chi connectivity index (χ1) is 7.34. The van der Waals surface area contributed by atoms with E-state index in [0.29, 0.717) is 0 Å². The number of pyridine rings is 2. The molecule has 0 aliphatic heterocycles. The first kappa shape index (κ1) is 9.65. The third kappa shape index (κ3) is 2.77. The Bertz CT molecular complexity index is 409. The average molecular weight is 199 g/mol. The van der Waals surface area contributed by atoms with Gasteiger partial charge in [0, 0.05) is 11.9 Å². The van der Waals surface area contributed by atoms with Gasteiger partial charge in [0.25, 0.3) is 0 Å². The van der Waals surface area contributed by atoms with E-state index in [0.717, 1.165) is 23.6 Å². The molecule has 3 nitrogen and oxygen atoms in total. The smallest absolute Gasteiger partial charge is 0.0594 e. The summed E-state index contributed by atoms with van der Waals surface area (Å²) in [6, 6.07) is 9.90. The van der Waals surface area contributed by atoms with Gasteiger partial charge in [-0.1, -0.05) is 6.07 Å². The van der Waals surface area contributed by atoms with E-state index in [-0.39, 0.29) is 0 Å². The fraction of sp³-hybridized carbons (Fsp3) is 0.167. The summed E-state index contributed by atoms with van der Waals surface area (Å²) in [4.78, 5) is 8.44. The minimum atomic E-state index is 0.728. The zero-order chi connectivity index (χ0) is 10.5. The van der Waals surface area contributed by atoms with E-state index in [9.17, 15) is 0 Å². The molecule has 2 aromatic rings. The molecule has 0 aliphatic carbocycles. The zero-order valence-corrected chi connectivity index (χ0v) is 8.64. The quantitative estimate of drug-likeness (QED) is 0.824. The Hall–Kier alpha value is -1.90. The number of hydrogen-bond acceptors (Lipinski definition) is 3. The fourth-order valence-corrected chi connectivity index (χ4v) is 1.27. The summed E-state index contributed by atoms with van der Waals surface area (Å²) < 4.78 is 0. The molecule has 2 rings (SSSR count). The number of nitrogens with zero attached hydrogens (tertiary/aromatic N) is 2. The van der Waals surface area contributed by atoms with Gasteiger partial charge in [-0.25, -0.2) is 0 Å². The first-order valence-corrected chi connectivity index (χ1v) is 4.91. The van der Waals surface area contributed by atoms with Gasteiger partial charge in [0.05, 0.1) is 24.1 Å². The van der Waals surface area contributed by atoms with Crippen molar-refractivity contribution in [1.29, 1.82) is 0 Å². The van der Waals surface area contributed by atoms with Crippen LogP contribution in [0.4, 0.5) is 5.69 Å². The lowest BCUT2D eigenvalue weighted by atomic mass is 10.3. The Labute approximate surface area is 89.2 Å². The molecule has 0 aliphatic rings. The number of nitrogens with one attached hydrogen (secondary N) is 1. The molecule has 76 valence electrons. The molecule has 3 heteroatoms. The van der Waals surface area contributed by atoms with Crippen LogP contribution in [0.2, 0.25) is 0 Å². The molecule has 0 amide bonds. The summed E-state index contributed by atoms with van der Waals surface area (Å²) in [5.74, 6) is 0. The van der Waals surface area contributed by atoms with Crippen molar-refractivity contribution in [3.8, 4) is 0 Å². The number of hydrogen-bond donors (Lipinski definition) is 1. The number of anilines is 1. The molecule has 0 spiro atoms. The van der Waals surface area contributed by atoms with E-state index >= 15 is 0 Å². The number of rotatable bonds is 3. The van der Waals surface area contributed by atoms with Crippen LogP contribution in [0.15, 0.2) is 42.7 Å². The Balaban J connectivity index is 1.96. The van der Waals surface area contributed by atoms with Crippen LogP contribution in [0.1, 0.15) is 11.4 Å². The van der Waals surface area contributed by atoms with Crippen LogP contribution in [0, 0.1) is 6.92 Å². The topological polar surface area (TPSA) is 37.8 Å². The first-order valence-electron chi connectivity index (χ1n) is 4.91. The fourth-order valence-electron chi connectivity index (χ4n) is 1.27. The lowest BCUT2D eigenvalue weighted by Crippen LogP contribution is -2.01. The highest BCUT2D eigenvalue weighted by Crippen LogP contribution is 2.06.